The van der Waals surface area contributed by atoms with Gasteiger partial charge in [-0.15, -0.1) is 0 Å². The van der Waals surface area contributed by atoms with Crippen molar-refractivity contribution in [3.63, 3.8) is 0 Å². The Morgan fingerprint density at radius 3 is 2.76 bits per heavy atom. The number of nitrogens with one attached hydrogen (secondary N) is 1. The Morgan fingerprint density at radius 1 is 1.33 bits per heavy atom. The maximum Gasteiger partial charge on any atom is 0.296 e. The summed E-state index contributed by atoms with van der Waals surface area (Å²) in [6.07, 6.45) is 0. The van der Waals surface area contributed by atoms with Crippen LogP contribution in [0.2, 0.25) is 0 Å². The number of nitriles is 1. The third-order valence-electron chi connectivity index (χ3n) is 3.01. The number of nitrogens with zero attached hydrogens (tertiary/aromatic N) is 2. The van der Waals surface area contributed by atoms with Crippen LogP contribution in [0, 0.1) is 21.4 Å². The summed E-state index contributed by atoms with van der Waals surface area (Å²) in [4.78, 5) is 10.6. The van der Waals surface area contributed by atoms with Crippen LogP contribution in [0.15, 0.2) is 42.5 Å². The third-order valence-corrected chi connectivity index (χ3v) is 3.01. The molecule has 2 aromatic rings. The van der Waals surface area contributed by atoms with E-state index in [-0.39, 0.29) is 5.69 Å². The highest BCUT2D eigenvalue weighted by molar-refractivity contribution is 5.64. The van der Waals surface area contributed by atoms with Gasteiger partial charge in [-0.2, -0.15) is 5.26 Å². The highest BCUT2D eigenvalue weighted by atomic mass is 16.6. The molecule has 0 aliphatic heterocycles. The van der Waals surface area contributed by atoms with Crippen LogP contribution in [0.5, 0.6) is 5.75 Å². The van der Waals surface area contributed by atoms with E-state index in [9.17, 15) is 10.1 Å². The molecule has 0 radical (unpaired) electrons. The standard InChI is InChI=1S/C15H13N3O3/c1-21-13-6-7-14(15(8-13)18(19)20)17-10-12-5-3-2-4-11(12)9-16/h2-8,17H,10H2,1H3. The Morgan fingerprint density at radius 2 is 2.10 bits per heavy atom. The van der Waals surface area contributed by atoms with Gasteiger partial charge in [0.25, 0.3) is 5.69 Å². The Balaban J connectivity index is 2.24. The molecule has 0 saturated heterocycles. The monoisotopic (exact) mass is 283 g/mol. The molecule has 0 heterocycles. The van der Waals surface area contributed by atoms with Crippen molar-refractivity contribution in [2.24, 2.45) is 0 Å². The molecular formula is C15H13N3O3. The zero-order valence-corrected chi connectivity index (χ0v) is 11.4. The molecule has 21 heavy (non-hydrogen) atoms. The highest BCUT2D eigenvalue weighted by Gasteiger charge is 2.15. The molecule has 6 heteroatoms. The van der Waals surface area contributed by atoms with E-state index in [1.165, 1.54) is 13.2 Å². The van der Waals surface area contributed by atoms with Gasteiger partial charge >= 0.3 is 0 Å². The molecule has 0 spiro atoms. The van der Waals surface area contributed by atoms with E-state index in [1.807, 2.05) is 6.07 Å². The number of ether oxygens (including phenoxy) is 1. The lowest BCUT2D eigenvalue weighted by molar-refractivity contribution is -0.384. The number of benzene rings is 2. The number of nitro benzene ring substituents is 1. The van der Waals surface area contributed by atoms with Crippen molar-refractivity contribution in [2.45, 2.75) is 6.54 Å². The molecule has 0 aliphatic rings. The maximum atomic E-state index is 11.1. The van der Waals surface area contributed by atoms with Crippen LogP contribution in [0.3, 0.4) is 0 Å². The summed E-state index contributed by atoms with van der Waals surface area (Å²) >= 11 is 0. The fourth-order valence-electron chi connectivity index (χ4n) is 1.91. The first kappa shape index (κ1) is 14.3. The quantitative estimate of drug-likeness (QED) is 0.673. The van der Waals surface area contributed by atoms with E-state index in [4.69, 9.17) is 10.00 Å². The van der Waals surface area contributed by atoms with Crippen molar-refractivity contribution in [3.05, 3.63) is 63.7 Å². The van der Waals surface area contributed by atoms with E-state index in [0.29, 0.717) is 23.5 Å². The molecular weight excluding hydrogens is 270 g/mol. The molecule has 0 aliphatic carbocycles. The molecule has 1 N–H and O–H groups in total. The number of methoxy groups -OCH3 is 1. The minimum atomic E-state index is -0.471. The molecule has 0 bridgehead atoms. The zero-order chi connectivity index (χ0) is 15.2. The lowest BCUT2D eigenvalue weighted by Gasteiger charge is -2.09. The molecule has 0 amide bonds. The van der Waals surface area contributed by atoms with Crippen LogP contribution in [0.1, 0.15) is 11.1 Å². The topological polar surface area (TPSA) is 88.2 Å². The summed E-state index contributed by atoms with van der Waals surface area (Å²) in [5.41, 5.74) is 1.64. The van der Waals surface area contributed by atoms with Crippen molar-refractivity contribution in [1.82, 2.24) is 0 Å². The predicted octanol–water partition coefficient (Wildman–Crippen LogP) is 3.09. The minimum absolute atomic E-state index is 0.0659. The van der Waals surface area contributed by atoms with E-state index >= 15 is 0 Å². The zero-order valence-electron chi connectivity index (χ0n) is 11.4. The van der Waals surface area contributed by atoms with Crippen molar-refractivity contribution >= 4 is 11.4 Å². The molecule has 106 valence electrons. The van der Waals surface area contributed by atoms with Crippen molar-refractivity contribution in [1.29, 1.82) is 5.26 Å². The van der Waals surface area contributed by atoms with E-state index in [2.05, 4.69) is 11.4 Å². The number of nitro groups is 1. The number of hydrogen-bond donors (Lipinski definition) is 1. The minimum Gasteiger partial charge on any atom is -0.496 e. The highest BCUT2D eigenvalue weighted by Crippen LogP contribution is 2.29. The lowest BCUT2D eigenvalue weighted by Crippen LogP contribution is -2.04. The molecule has 6 nitrogen and oxygen atoms in total. The largest absolute Gasteiger partial charge is 0.496 e. The number of rotatable bonds is 5. The summed E-state index contributed by atoms with van der Waals surface area (Å²) in [6.45, 7) is 0.330. The Kier molecular flexibility index (Phi) is 4.36. The van der Waals surface area contributed by atoms with Gasteiger partial charge in [-0.25, -0.2) is 0 Å². The molecule has 0 unspecified atom stereocenters. The maximum absolute atomic E-state index is 11.1. The average molecular weight is 283 g/mol. The summed E-state index contributed by atoms with van der Waals surface area (Å²) in [6, 6.07) is 13.8. The van der Waals surface area contributed by atoms with E-state index in [1.54, 1.807) is 30.3 Å². The fraction of sp³-hybridized carbons (Fsp3) is 0.133. The van der Waals surface area contributed by atoms with Crippen LogP contribution < -0.4 is 10.1 Å². The normalized spacial score (nSPS) is 9.71. The molecule has 2 rings (SSSR count). The molecule has 0 fully saturated rings. The van der Waals surface area contributed by atoms with Gasteiger partial charge in [0.2, 0.25) is 0 Å². The second-order valence-electron chi connectivity index (χ2n) is 4.26. The number of anilines is 1. The first-order chi connectivity index (χ1) is 10.2. The van der Waals surface area contributed by atoms with E-state index in [0.717, 1.165) is 5.56 Å². The van der Waals surface area contributed by atoms with E-state index < -0.39 is 4.92 Å². The van der Waals surface area contributed by atoms with Gasteiger partial charge in [0, 0.05) is 6.54 Å². The van der Waals surface area contributed by atoms with Crippen LogP contribution in [0.25, 0.3) is 0 Å². The Hall–Kier alpha value is -3.07. The second-order valence-corrected chi connectivity index (χ2v) is 4.26. The van der Waals surface area contributed by atoms with Gasteiger partial charge < -0.3 is 10.1 Å². The third kappa shape index (κ3) is 3.28. The summed E-state index contributed by atoms with van der Waals surface area (Å²) in [5.74, 6) is 0.421. The average Bonchev–Trinajstić information content (AvgIpc) is 2.52. The smallest absolute Gasteiger partial charge is 0.296 e. The van der Waals surface area contributed by atoms with Gasteiger partial charge in [-0.3, -0.25) is 10.1 Å². The van der Waals surface area contributed by atoms with Crippen LogP contribution in [-0.4, -0.2) is 12.0 Å². The summed E-state index contributed by atoms with van der Waals surface area (Å²) < 4.78 is 4.98. The Labute approximate surface area is 121 Å². The molecule has 0 saturated carbocycles. The van der Waals surface area contributed by atoms with Crippen molar-refractivity contribution < 1.29 is 9.66 Å². The van der Waals surface area contributed by atoms with Crippen LogP contribution >= 0.6 is 0 Å². The van der Waals surface area contributed by atoms with Crippen molar-refractivity contribution in [3.8, 4) is 11.8 Å². The molecule has 0 atom stereocenters. The summed E-state index contributed by atoms with van der Waals surface area (Å²) in [7, 11) is 1.45. The fourth-order valence-corrected chi connectivity index (χ4v) is 1.91. The lowest BCUT2D eigenvalue weighted by atomic mass is 10.1. The molecule has 0 aromatic heterocycles. The predicted molar refractivity (Wildman–Crippen MR) is 78.1 cm³/mol. The first-order valence-corrected chi connectivity index (χ1v) is 6.20. The van der Waals surface area contributed by atoms with Gasteiger partial charge in [0.15, 0.2) is 0 Å². The Bertz CT molecular complexity index is 708. The van der Waals surface area contributed by atoms with Gasteiger partial charge in [0.05, 0.1) is 29.7 Å². The van der Waals surface area contributed by atoms with Gasteiger partial charge in [-0.05, 0) is 23.8 Å². The van der Waals surface area contributed by atoms with Gasteiger partial charge in [-0.1, -0.05) is 18.2 Å². The summed E-state index contributed by atoms with van der Waals surface area (Å²) in [5, 5.41) is 23.1. The molecule has 2 aromatic carbocycles. The van der Waals surface area contributed by atoms with Gasteiger partial charge in [0.1, 0.15) is 11.4 Å². The van der Waals surface area contributed by atoms with Crippen LogP contribution in [-0.2, 0) is 6.54 Å². The number of hydrogen-bond acceptors (Lipinski definition) is 5. The SMILES string of the molecule is COc1ccc(NCc2ccccc2C#N)c([N+](=O)[O-])c1. The van der Waals surface area contributed by atoms with Crippen molar-refractivity contribution in [2.75, 3.05) is 12.4 Å². The van der Waals surface area contributed by atoms with Crippen LogP contribution in [0.4, 0.5) is 11.4 Å². The first-order valence-electron chi connectivity index (χ1n) is 6.20. The second kappa shape index (κ2) is 6.39.